The molecule has 0 amide bonds. The monoisotopic (exact) mass is 256 g/mol. The van der Waals surface area contributed by atoms with Crippen LogP contribution in [-0.4, -0.2) is 11.2 Å². The highest BCUT2D eigenvalue weighted by atomic mass is 16.3. The molecule has 0 saturated carbocycles. The van der Waals surface area contributed by atoms with Gasteiger partial charge in [0, 0.05) is 0 Å². The molecule has 0 spiro atoms. The maximum absolute atomic E-state index is 9.78. The lowest BCUT2D eigenvalue weighted by atomic mass is 10.0. The Morgan fingerprint density at radius 3 is 1.39 bits per heavy atom. The highest BCUT2D eigenvalue weighted by Crippen LogP contribution is 2.13. The van der Waals surface area contributed by atoms with E-state index in [4.69, 9.17) is 0 Å². The first-order chi connectivity index (χ1) is 8.81. The summed E-state index contributed by atoms with van der Waals surface area (Å²) in [6.07, 6.45) is 18.1. The molecular weight excluding hydrogens is 220 g/mol. The van der Waals surface area contributed by atoms with Crippen LogP contribution in [0.5, 0.6) is 0 Å². The van der Waals surface area contributed by atoms with Gasteiger partial charge in [0.2, 0.25) is 0 Å². The van der Waals surface area contributed by atoms with Crippen LogP contribution >= 0.6 is 0 Å². The number of rotatable bonds is 14. The third kappa shape index (κ3) is 14.0. The van der Waals surface area contributed by atoms with Gasteiger partial charge in [0.15, 0.2) is 0 Å². The highest BCUT2D eigenvalue weighted by Gasteiger charge is 2.02. The molecule has 0 fully saturated rings. The molecule has 1 atom stereocenters. The first-order valence-corrected chi connectivity index (χ1v) is 8.49. The standard InChI is InChI=1S/C17H36O/c1-3-5-7-8-9-10-11-12-14-16-17(18)15-13-6-4-2/h17-18H,3-16H2,1-2H3. The summed E-state index contributed by atoms with van der Waals surface area (Å²) in [5, 5.41) is 9.78. The van der Waals surface area contributed by atoms with E-state index in [9.17, 15) is 5.11 Å². The van der Waals surface area contributed by atoms with Crippen molar-refractivity contribution in [2.45, 2.75) is 110 Å². The minimum absolute atomic E-state index is 0.0268. The van der Waals surface area contributed by atoms with Crippen molar-refractivity contribution in [2.75, 3.05) is 0 Å². The second-order valence-electron chi connectivity index (χ2n) is 5.77. The lowest BCUT2D eigenvalue weighted by molar-refractivity contribution is 0.147. The van der Waals surface area contributed by atoms with Crippen LogP contribution in [0.3, 0.4) is 0 Å². The maximum Gasteiger partial charge on any atom is 0.0540 e. The largest absolute Gasteiger partial charge is 0.393 e. The molecule has 0 aromatic carbocycles. The minimum Gasteiger partial charge on any atom is -0.393 e. The second kappa shape index (κ2) is 15.0. The first-order valence-electron chi connectivity index (χ1n) is 8.49. The van der Waals surface area contributed by atoms with Crippen molar-refractivity contribution in [1.82, 2.24) is 0 Å². The van der Waals surface area contributed by atoms with Gasteiger partial charge in [-0.3, -0.25) is 0 Å². The number of aliphatic hydroxyl groups is 1. The van der Waals surface area contributed by atoms with Crippen molar-refractivity contribution >= 4 is 0 Å². The smallest absolute Gasteiger partial charge is 0.0540 e. The Hall–Kier alpha value is -0.0400. The van der Waals surface area contributed by atoms with Crippen LogP contribution in [0.25, 0.3) is 0 Å². The van der Waals surface area contributed by atoms with E-state index in [-0.39, 0.29) is 6.10 Å². The second-order valence-corrected chi connectivity index (χ2v) is 5.77. The van der Waals surface area contributed by atoms with Crippen LogP contribution in [0.15, 0.2) is 0 Å². The molecular formula is C17H36O. The summed E-state index contributed by atoms with van der Waals surface area (Å²) in [6, 6.07) is 0. The maximum atomic E-state index is 9.78. The van der Waals surface area contributed by atoms with Gasteiger partial charge in [-0.2, -0.15) is 0 Å². The fourth-order valence-corrected chi connectivity index (χ4v) is 2.46. The zero-order chi connectivity index (χ0) is 13.5. The molecule has 0 radical (unpaired) electrons. The molecule has 18 heavy (non-hydrogen) atoms. The quantitative estimate of drug-likeness (QED) is 0.387. The zero-order valence-electron chi connectivity index (χ0n) is 12.9. The van der Waals surface area contributed by atoms with E-state index in [1.54, 1.807) is 0 Å². The molecule has 0 bridgehead atoms. The van der Waals surface area contributed by atoms with Crippen molar-refractivity contribution in [2.24, 2.45) is 0 Å². The highest BCUT2D eigenvalue weighted by molar-refractivity contribution is 4.56. The third-order valence-electron chi connectivity index (χ3n) is 3.78. The summed E-state index contributed by atoms with van der Waals surface area (Å²) in [4.78, 5) is 0. The van der Waals surface area contributed by atoms with E-state index in [1.807, 2.05) is 0 Å². The van der Waals surface area contributed by atoms with Gasteiger partial charge < -0.3 is 5.11 Å². The van der Waals surface area contributed by atoms with Crippen molar-refractivity contribution in [3.8, 4) is 0 Å². The number of hydrogen-bond acceptors (Lipinski definition) is 1. The Morgan fingerprint density at radius 1 is 0.556 bits per heavy atom. The molecule has 1 nitrogen and oxygen atoms in total. The van der Waals surface area contributed by atoms with Gasteiger partial charge in [-0.05, 0) is 12.8 Å². The van der Waals surface area contributed by atoms with Gasteiger partial charge in [0.25, 0.3) is 0 Å². The SMILES string of the molecule is CCCCCCCCCCCC(O)CCCCC. The molecule has 0 rings (SSSR count). The van der Waals surface area contributed by atoms with E-state index >= 15 is 0 Å². The summed E-state index contributed by atoms with van der Waals surface area (Å²) >= 11 is 0. The van der Waals surface area contributed by atoms with Crippen LogP contribution in [0, 0.1) is 0 Å². The predicted molar refractivity (Wildman–Crippen MR) is 82.0 cm³/mol. The number of unbranched alkanes of at least 4 members (excludes halogenated alkanes) is 10. The average Bonchev–Trinajstić information content (AvgIpc) is 2.37. The topological polar surface area (TPSA) is 20.2 Å². The lowest BCUT2D eigenvalue weighted by Gasteiger charge is -2.09. The normalized spacial score (nSPS) is 12.8. The van der Waals surface area contributed by atoms with Crippen molar-refractivity contribution in [3.05, 3.63) is 0 Å². The Bertz CT molecular complexity index is 145. The molecule has 1 N–H and O–H groups in total. The van der Waals surface area contributed by atoms with E-state index in [0.29, 0.717) is 0 Å². The molecule has 1 heteroatoms. The Kier molecular flexibility index (Phi) is 15.0. The first kappa shape index (κ1) is 18.0. The van der Waals surface area contributed by atoms with E-state index in [0.717, 1.165) is 12.8 Å². The van der Waals surface area contributed by atoms with Crippen molar-refractivity contribution < 1.29 is 5.11 Å². The average molecular weight is 256 g/mol. The van der Waals surface area contributed by atoms with Crippen molar-refractivity contribution in [1.29, 1.82) is 0 Å². The predicted octanol–water partition coefficient (Wildman–Crippen LogP) is 5.85. The molecule has 1 unspecified atom stereocenters. The van der Waals surface area contributed by atoms with Gasteiger partial charge in [-0.1, -0.05) is 90.9 Å². The molecule has 0 aromatic heterocycles. The van der Waals surface area contributed by atoms with Crippen LogP contribution < -0.4 is 0 Å². The third-order valence-corrected chi connectivity index (χ3v) is 3.78. The van der Waals surface area contributed by atoms with Gasteiger partial charge in [0.1, 0.15) is 0 Å². The molecule has 0 aliphatic heterocycles. The van der Waals surface area contributed by atoms with Crippen molar-refractivity contribution in [3.63, 3.8) is 0 Å². The van der Waals surface area contributed by atoms with E-state index < -0.39 is 0 Å². The van der Waals surface area contributed by atoms with Crippen LogP contribution in [0.4, 0.5) is 0 Å². The number of aliphatic hydroxyl groups excluding tert-OH is 1. The Balaban J connectivity index is 3.05. The summed E-state index contributed by atoms with van der Waals surface area (Å²) in [5.74, 6) is 0. The Labute approximate surface area is 115 Å². The summed E-state index contributed by atoms with van der Waals surface area (Å²) in [5.41, 5.74) is 0. The van der Waals surface area contributed by atoms with E-state index in [1.165, 1.54) is 77.0 Å². The lowest BCUT2D eigenvalue weighted by Crippen LogP contribution is -2.05. The van der Waals surface area contributed by atoms with Gasteiger partial charge in [-0.15, -0.1) is 0 Å². The molecule has 0 aromatic rings. The van der Waals surface area contributed by atoms with Crippen LogP contribution in [0.1, 0.15) is 104 Å². The van der Waals surface area contributed by atoms with Crippen LogP contribution in [-0.2, 0) is 0 Å². The molecule has 0 saturated heterocycles. The molecule has 110 valence electrons. The molecule has 0 aliphatic rings. The summed E-state index contributed by atoms with van der Waals surface area (Å²) in [7, 11) is 0. The van der Waals surface area contributed by atoms with Gasteiger partial charge in [0.05, 0.1) is 6.10 Å². The van der Waals surface area contributed by atoms with E-state index in [2.05, 4.69) is 13.8 Å². The van der Waals surface area contributed by atoms with Gasteiger partial charge >= 0.3 is 0 Å². The fraction of sp³-hybridized carbons (Fsp3) is 1.00. The fourth-order valence-electron chi connectivity index (χ4n) is 2.46. The summed E-state index contributed by atoms with van der Waals surface area (Å²) < 4.78 is 0. The van der Waals surface area contributed by atoms with Gasteiger partial charge in [-0.25, -0.2) is 0 Å². The summed E-state index contributed by atoms with van der Waals surface area (Å²) in [6.45, 7) is 4.48. The minimum atomic E-state index is -0.0268. The van der Waals surface area contributed by atoms with Crippen LogP contribution in [0.2, 0.25) is 0 Å². The molecule has 0 aliphatic carbocycles. The zero-order valence-corrected chi connectivity index (χ0v) is 12.9. The number of hydrogen-bond donors (Lipinski definition) is 1. The molecule has 0 heterocycles. The Morgan fingerprint density at radius 2 is 0.889 bits per heavy atom.